The smallest absolute Gasteiger partial charge is 0.341 e. The van der Waals surface area contributed by atoms with Gasteiger partial charge in [-0.2, -0.15) is 0 Å². The van der Waals surface area contributed by atoms with Gasteiger partial charge in [0.1, 0.15) is 0 Å². The molecule has 0 N–H and O–H groups in total. The molecular formula is C11H17BrO3. The molecule has 0 amide bonds. The van der Waals surface area contributed by atoms with Crippen LogP contribution in [0.2, 0.25) is 0 Å². The normalized spacial score (nSPS) is 11.3. The van der Waals surface area contributed by atoms with E-state index in [0.717, 1.165) is 25.7 Å². The van der Waals surface area contributed by atoms with Gasteiger partial charge in [0, 0.05) is 0 Å². The number of carbonyl (C=O) groups excluding carboxylic acids is 2. The molecule has 0 spiro atoms. The number of unbranched alkanes of at least 4 members (excludes halogenated alkanes) is 3. The molecule has 0 saturated heterocycles. The zero-order valence-corrected chi connectivity index (χ0v) is 10.8. The molecule has 4 heteroatoms. The van der Waals surface area contributed by atoms with E-state index >= 15 is 0 Å². The maximum absolute atomic E-state index is 11.4. The number of carbonyl (C=O) groups is 2. The van der Waals surface area contributed by atoms with Crippen molar-refractivity contribution < 1.29 is 14.3 Å². The van der Waals surface area contributed by atoms with Gasteiger partial charge in [-0.05, 0) is 12.8 Å². The molecule has 0 aliphatic carbocycles. The fourth-order valence-electron chi connectivity index (χ4n) is 1.13. The fourth-order valence-corrected chi connectivity index (χ4v) is 1.44. The fraction of sp³-hybridized carbons (Fsp3) is 0.636. The van der Waals surface area contributed by atoms with Crippen molar-refractivity contribution in [2.75, 3.05) is 12.4 Å². The highest BCUT2D eigenvalue weighted by atomic mass is 79.9. The lowest BCUT2D eigenvalue weighted by Gasteiger charge is -2.02. The molecule has 0 fully saturated rings. The standard InChI is InChI=1S/C11H17BrO3/c1-3-4-5-6-7-9(10(13)8-12)11(14)15-2/h7H,3-6,8H2,1-2H3/b9-7+. The summed E-state index contributed by atoms with van der Waals surface area (Å²) in [6.07, 6.45) is 5.63. The molecule has 0 atom stereocenters. The molecule has 0 aliphatic heterocycles. The van der Waals surface area contributed by atoms with Gasteiger partial charge >= 0.3 is 5.97 Å². The molecule has 0 aromatic carbocycles. The second-order valence-electron chi connectivity index (χ2n) is 3.16. The Labute approximate surface area is 99.0 Å². The van der Waals surface area contributed by atoms with Gasteiger partial charge in [-0.25, -0.2) is 4.79 Å². The highest BCUT2D eigenvalue weighted by molar-refractivity contribution is 9.09. The second kappa shape index (κ2) is 8.65. The van der Waals surface area contributed by atoms with Crippen LogP contribution < -0.4 is 0 Å². The van der Waals surface area contributed by atoms with Gasteiger partial charge < -0.3 is 4.74 Å². The maximum Gasteiger partial charge on any atom is 0.341 e. The molecule has 0 bridgehead atoms. The van der Waals surface area contributed by atoms with Gasteiger partial charge in [0.15, 0.2) is 5.78 Å². The van der Waals surface area contributed by atoms with Crippen molar-refractivity contribution in [3.05, 3.63) is 11.6 Å². The van der Waals surface area contributed by atoms with E-state index in [0.29, 0.717) is 0 Å². The number of allylic oxidation sites excluding steroid dienone is 1. The van der Waals surface area contributed by atoms with Crippen molar-refractivity contribution in [3.63, 3.8) is 0 Å². The van der Waals surface area contributed by atoms with Crippen LogP contribution in [0.1, 0.15) is 32.6 Å². The first kappa shape index (κ1) is 14.4. The van der Waals surface area contributed by atoms with Crippen LogP contribution in [-0.2, 0) is 14.3 Å². The van der Waals surface area contributed by atoms with Crippen LogP contribution in [0.15, 0.2) is 11.6 Å². The number of Topliss-reactive ketones (excluding diaryl/α,β-unsaturated/α-hetero) is 1. The minimum atomic E-state index is -0.545. The zero-order valence-electron chi connectivity index (χ0n) is 9.22. The number of esters is 1. The number of halogens is 1. The number of hydrogen-bond acceptors (Lipinski definition) is 3. The molecule has 0 heterocycles. The zero-order chi connectivity index (χ0) is 11.7. The quantitative estimate of drug-likeness (QED) is 0.179. The molecule has 86 valence electrons. The van der Waals surface area contributed by atoms with Crippen molar-refractivity contribution in [2.24, 2.45) is 0 Å². The van der Waals surface area contributed by atoms with Gasteiger partial charge in [0.25, 0.3) is 0 Å². The molecule has 3 nitrogen and oxygen atoms in total. The number of ketones is 1. The number of rotatable bonds is 7. The van der Waals surface area contributed by atoms with Gasteiger partial charge in [-0.3, -0.25) is 4.79 Å². The summed E-state index contributed by atoms with van der Waals surface area (Å²) in [4.78, 5) is 22.6. The topological polar surface area (TPSA) is 43.4 Å². The molecule has 0 unspecified atom stereocenters. The van der Waals surface area contributed by atoms with Crippen molar-refractivity contribution in [3.8, 4) is 0 Å². The summed E-state index contributed by atoms with van der Waals surface area (Å²) in [5.41, 5.74) is 0.158. The van der Waals surface area contributed by atoms with E-state index in [2.05, 4.69) is 27.6 Å². The van der Waals surface area contributed by atoms with Gasteiger partial charge in [-0.15, -0.1) is 0 Å². The summed E-state index contributed by atoms with van der Waals surface area (Å²) in [5, 5.41) is 0.154. The lowest BCUT2D eigenvalue weighted by atomic mass is 10.1. The summed E-state index contributed by atoms with van der Waals surface area (Å²) < 4.78 is 4.54. The predicted molar refractivity (Wildman–Crippen MR) is 63.0 cm³/mol. The highest BCUT2D eigenvalue weighted by Crippen LogP contribution is 2.07. The van der Waals surface area contributed by atoms with Crippen molar-refractivity contribution >= 4 is 27.7 Å². The number of hydrogen-bond donors (Lipinski definition) is 0. The Balaban J connectivity index is 4.35. The molecule has 0 radical (unpaired) electrons. The van der Waals surface area contributed by atoms with Crippen molar-refractivity contribution in [2.45, 2.75) is 32.6 Å². The summed E-state index contributed by atoms with van der Waals surface area (Å²) in [6.45, 7) is 2.11. The number of methoxy groups -OCH3 is 1. The van der Waals surface area contributed by atoms with E-state index in [9.17, 15) is 9.59 Å². The number of ether oxygens (including phenoxy) is 1. The van der Waals surface area contributed by atoms with Crippen LogP contribution in [0.3, 0.4) is 0 Å². The van der Waals surface area contributed by atoms with Crippen LogP contribution in [0, 0.1) is 0 Å². The predicted octanol–water partition coefficient (Wildman–Crippen LogP) is 2.63. The minimum absolute atomic E-state index is 0.154. The highest BCUT2D eigenvalue weighted by Gasteiger charge is 2.16. The van der Waals surface area contributed by atoms with Crippen LogP contribution in [0.25, 0.3) is 0 Å². The molecule has 0 rings (SSSR count). The van der Waals surface area contributed by atoms with Crippen molar-refractivity contribution in [1.82, 2.24) is 0 Å². The lowest BCUT2D eigenvalue weighted by Crippen LogP contribution is -2.15. The average molecular weight is 277 g/mol. The van der Waals surface area contributed by atoms with Gasteiger partial charge in [0.05, 0.1) is 18.0 Å². The molecule has 0 aromatic heterocycles. The van der Waals surface area contributed by atoms with E-state index in [4.69, 9.17) is 0 Å². The third kappa shape index (κ3) is 5.72. The van der Waals surface area contributed by atoms with Crippen LogP contribution >= 0.6 is 15.9 Å². The van der Waals surface area contributed by atoms with E-state index < -0.39 is 5.97 Å². The SMILES string of the molecule is CCCCC/C=C(\C(=O)CBr)C(=O)OC. The Morgan fingerprint density at radius 1 is 1.33 bits per heavy atom. The monoisotopic (exact) mass is 276 g/mol. The largest absolute Gasteiger partial charge is 0.465 e. The van der Waals surface area contributed by atoms with Crippen molar-refractivity contribution in [1.29, 1.82) is 0 Å². The average Bonchev–Trinajstić information content (AvgIpc) is 2.27. The van der Waals surface area contributed by atoms with Crippen LogP contribution in [0.4, 0.5) is 0 Å². The van der Waals surface area contributed by atoms with Crippen LogP contribution in [0.5, 0.6) is 0 Å². The summed E-state index contributed by atoms with van der Waals surface area (Å²) in [6, 6.07) is 0. The number of alkyl halides is 1. The van der Waals surface area contributed by atoms with E-state index in [-0.39, 0.29) is 16.7 Å². The summed E-state index contributed by atoms with van der Waals surface area (Å²) in [5.74, 6) is -0.769. The molecular weight excluding hydrogens is 260 g/mol. The summed E-state index contributed by atoms with van der Waals surface area (Å²) >= 11 is 3.04. The first-order valence-electron chi connectivity index (χ1n) is 5.05. The Morgan fingerprint density at radius 3 is 2.47 bits per heavy atom. The molecule has 0 saturated carbocycles. The third-order valence-electron chi connectivity index (χ3n) is 1.98. The molecule has 15 heavy (non-hydrogen) atoms. The Kier molecular flexibility index (Phi) is 8.28. The first-order valence-corrected chi connectivity index (χ1v) is 6.17. The lowest BCUT2D eigenvalue weighted by molar-refractivity contribution is -0.137. The second-order valence-corrected chi connectivity index (χ2v) is 3.72. The summed E-state index contributed by atoms with van der Waals surface area (Å²) in [7, 11) is 1.28. The van der Waals surface area contributed by atoms with Crippen LogP contribution in [-0.4, -0.2) is 24.2 Å². The Hall–Kier alpha value is -0.640. The maximum atomic E-state index is 11.4. The molecule has 0 aromatic rings. The minimum Gasteiger partial charge on any atom is -0.465 e. The van der Waals surface area contributed by atoms with E-state index in [1.807, 2.05) is 0 Å². The third-order valence-corrected chi connectivity index (χ3v) is 2.49. The van der Waals surface area contributed by atoms with E-state index in [1.165, 1.54) is 7.11 Å². The molecule has 0 aliphatic rings. The van der Waals surface area contributed by atoms with Gasteiger partial charge in [0.2, 0.25) is 0 Å². The Bertz CT molecular complexity index is 228. The Morgan fingerprint density at radius 2 is 2.00 bits per heavy atom. The first-order chi connectivity index (χ1) is 7.17. The van der Waals surface area contributed by atoms with Gasteiger partial charge in [-0.1, -0.05) is 41.8 Å². The van der Waals surface area contributed by atoms with E-state index in [1.54, 1.807) is 6.08 Å².